The molecule has 2 rings (SSSR count). The summed E-state index contributed by atoms with van der Waals surface area (Å²) in [6, 6.07) is 4.59. The van der Waals surface area contributed by atoms with Gasteiger partial charge in [0.15, 0.2) is 0 Å². The molecule has 76 valence electrons. The molecule has 1 atom stereocenters. The molecular weight excluding hydrogens is 181 g/mol. The summed E-state index contributed by atoms with van der Waals surface area (Å²) >= 11 is 0. The van der Waals surface area contributed by atoms with Crippen molar-refractivity contribution in [2.75, 3.05) is 20.2 Å². The fraction of sp³-hybridized carbons (Fsp3) is 0.455. The zero-order valence-electron chi connectivity index (χ0n) is 10.0. The molecule has 1 aromatic carbocycles. The van der Waals surface area contributed by atoms with E-state index in [9.17, 15) is 4.39 Å². The van der Waals surface area contributed by atoms with E-state index in [1.165, 1.54) is 6.07 Å². The second kappa shape index (κ2) is 4.07. The van der Waals surface area contributed by atoms with Crippen LogP contribution >= 0.6 is 0 Å². The number of hydrogen-bond donors (Lipinski definition) is 1. The number of hydrogen-bond acceptors (Lipinski definition) is 2. The number of ether oxygens (including phenoxy) is 1. The monoisotopic (exact) mass is 197 g/mol. The third-order valence-electron chi connectivity index (χ3n) is 2.32. The highest BCUT2D eigenvalue weighted by Crippen LogP contribution is 2.27. The molecule has 0 saturated heterocycles. The molecule has 3 heteroatoms. The number of fused-ring (bicyclic) bond motifs is 1. The van der Waals surface area contributed by atoms with E-state index in [-0.39, 0.29) is 18.3 Å². The number of rotatable bonds is 2. The van der Waals surface area contributed by atoms with Crippen molar-refractivity contribution in [3.8, 4) is 0 Å². The maximum absolute atomic E-state index is 13.7. The molecule has 1 aliphatic rings. The second-order valence-electron chi connectivity index (χ2n) is 3.24. The van der Waals surface area contributed by atoms with Gasteiger partial charge in [0, 0.05) is 9.29 Å². The van der Waals surface area contributed by atoms with Gasteiger partial charge in [0.1, 0.15) is 5.82 Å². The summed E-state index contributed by atoms with van der Waals surface area (Å²) in [6.07, 6.45) is -2.02. The van der Waals surface area contributed by atoms with Crippen molar-refractivity contribution >= 4 is 0 Å². The Kier molecular flexibility index (Phi) is 2.14. The number of likely N-dealkylation sites (N-methyl/N-ethyl adjacent to an activating group) is 1. The van der Waals surface area contributed by atoms with Crippen molar-refractivity contribution in [3.05, 3.63) is 35.1 Å². The van der Waals surface area contributed by atoms with Crippen LogP contribution in [0, 0.1) is 5.82 Å². The average molecular weight is 197 g/mol. The Morgan fingerprint density at radius 3 is 3.36 bits per heavy atom. The Balaban J connectivity index is 2.49. The first-order valence-corrected chi connectivity index (χ1v) is 4.61. The first-order chi connectivity index (χ1) is 7.56. The Morgan fingerprint density at radius 1 is 1.71 bits per heavy atom. The molecular formula is C11H14FNO. The van der Waals surface area contributed by atoms with Crippen molar-refractivity contribution in [1.29, 1.82) is 0 Å². The predicted octanol–water partition coefficient (Wildman–Crippen LogP) is 1.66. The molecule has 0 bridgehead atoms. The highest BCUT2D eigenvalue weighted by atomic mass is 19.1. The number of benzene rings is 1. The molecule has 0 spiro atoms. The highest BCUT2D eigenvalue weighted by Gasteiger charge is 2.21. The van der Waals surface area contributed by atoms with E-state index < -0.39 is 12.2 Å². The van der Waals surface area contributed by atoms with Crippen LogP contribution in [0.3, 0.4) is 0 Å². The normalized spacial score (nSPS) is 26.3. The molecule has 1 aromatic rings. The minimum Gasteiger partial charge on any atom is -0.372 e. The van der Waals surface area contributed by atoms with Gasteiger partial charge in [-0.25, -0.2) is 4.39 Å². The lowest BCUT2D eigenvalue weighted by Gasteiger charge is -2.26. The van der Waals surface area contributed by atoms with E-state index in [0.717, 1.165) is 0 Å². The van der Waals surface area contributed by atoms with Crippen molar-refractivity contribution in [2.45, 2.75) is 12.5 Å². The summed E-state index contributed by atoms with van der Waals surface area (Å²) in [6.45, 7) is 0.444. The summed E-state index contributed by atoms with van der Waals surface area (Å²) in [5, 5.41) is 2.96. The van der Waals surface area contributed by atoms with Crippen LogP contribution in [0.2, 0.25) is 0 Å². The van der Waals surface area contributed by atoms with Crippen LogP contribution in [0.15, 0.2) is 18.2 Å². The Bertz CT molecular complexity index is 398. The summed E-state index contributed by atoms with van der Waals surface area (Å²) < 4.78 is 34.6. The van der Waals surface area contributed by atoms with Gasteiger partial charge >= 0.3 is 0 Å². The van der Waals surface area contributed by atoms with Gasteiger partial charge in [-0.15, -0.1) is 0 Å². The second-order valence-corrected chi connectivity index (χ2v) is 3.24. The molecule has 1 heterocycles. The molecule has 14 heavy (non-hydrogen) atoms. The fourth-order valence-electron chi connectivity index (χ4n) is 1.65. The van der Waals surface area contributed by atoms with E-state index in [0.29, 0.717) is 12.1 Å². The number of halogens is 1. The van der Waals surface area contributed by atoms with E-state index in [1.807, 2.05) is 0 Å². The van der Waals surface area contributed by atoms with Gasteiger partial charge < -0.3 is 10.1 Å². The van der Waals surface area contributed by atoms with E-state index >= 15 is 0 Å². The van der Waals surface area contributed by atoms with Crippen LogP contribution in [0.25, 0.3) is 0 Å². The molecule has 0 aliphatic carbocycles. The third-order valence-corrected chi connectivity index (χ3v) is 2.32. The predicted molar refractivity (Wildman–Crippen MR) is 52.7 cm³/mol. The minimum atomic E-state index is -1.75. The topological polar surface area (TPSA) is 21.3 Å². The molecule has 0 aromatic heterocycles. The van der Waals surface area contributed by atoms with Crippen molar-refractivity contribution in [3.63, 3.8) is 0 Å². The van der Waals surface area contributed by atoms with Gasteiger partial charge in [-0.3, -0.25) is 0 Å². The first-order valence-electron chi connectivity index (χ1n) is 5.61. The molecule has 0 unspecified atom stereocenters. The molecule has 0 fully saturated rings. The van der Waals surface area contributed by atoms with Crippen LogP contribution < -0.4 is 5.32 Å². The Labute approximate surface area is 85.9 Å². The first kappa shape index (κ1) is 7.37. The van der Waals surface area contributed by atoms with Gasteiger partial charge in [-0.2, -0.15) is 0 Å². The minimum absolute atomic E-state index is 0.104. The molecule has 0 radical (unpaired) electrons. The summed E-state index contributed by atoms with van der Waals surface area (Å²) in [7, 11) is 1.78. The fourth-order valence-corrected chi connectivity index (χ4v) is 1.65. The summed E-state index contributed by atoms with van der Waals surface area (Å²) in [5.74, 6) is -0.494. The average Bonchev–Trinajstić information content (AvgIpc) is 2.22. The molecule has 0 saturated carbocycles. The van der Waals surface area contributed by atoms with Gasteiger partial charge in [-0.05, 0) is 30.6 Å². The lowest BCUT2D eigenvalue weighted by Crippen LogP contribution is -2.25. The lowest BCUT2D eigenvalue weighted by molar-refractivity contribution is 0.0427. The standard InChI is InChI=1S/C11H14FNO/c1-13-7-11-9-3-2-4-10(12)8(9)5-6-14-11/h2-4,11,13H,5-7H2,1H3/t11-/m0/s1/i5D2. The van der Waals surface area contributed by atoms with Crippen molar-refractivity contribution < 1.29 is 11.9 Å². The maximum atomic E-state index is 13.7. The van der Waals surface area contributed by atoms with E-state index in [2.05, 4.69) is 5.32 Å². The Morgan fingerprint density at radius 2 is 2.57 bits per heavy atom. The lowest BCUT2D eigenvalue weighted by atomic mass is 9.97. The zero-order chi connectivity index (χ0) is 11.8. The van der Waals surface area contributed by atoms with Crippen LogP contribution in [0.1, 0.15) is 20.0 Å². The van der Waals surface area contributed by atoms with Gasteiger partial charge in [0.2, 0.25) is 0 Å². The van der Waals surface area contributed by atoms with Gasteiger partial charge in [0.25, 0.3) is 0 Å². The van der Waals surface area contributed by atoms with Crippen molar-refractivity contribution in [1.82, 2.24) is 5.32 Å². The van der Waals surface area contributed by atoms with Crippen LogP contribution in [-0.2, 0) is 11.1 Å². The maximum Gasteiger partial charge on any atom is 0.126 e. The smallest absolute Gasteiger partial charge is 0.126 e. The SMILES string of the molecule is [2H]C1([2H])CO[C@@H](CNC)c2cccc(F)c21. The zero-order valence-corrected chi connectivity index (χ0v) is 8.01. The van der Waals surface area contributed by atoms with E-state index in [4.69, 9.17) is 7.48 Å². The number of nitrogens with one attached hydrogen (secondary N) is 1. The molecule has 1 N–H and O–H groups in total. The van der Waals surface area contributed by atoms with Crippen LogP contribution in [0.5, 0.6) is 0 Å². The largest absolute Gasteiger partial charge is 0.372 e. The van der Waals surface area contributed by atoms with Crippen LogP contribution in [0.4, 0.5) is 4.39 Å². The molecule has 1 aliphatic heterocycles. The van der Waals surface area contributed by atoms with Gasteiger partial charge in [0.05, 0.1) is 12.7 Å². The van der Waals surface area contributed by atoms with Crippen LogP contribution in [-0.4, -0.2) is 20.2 Å². The van der Waals surface area contributed by atoms with E-state index in [1.54, 1.807) is 19.2 Å². The third kappa shape index (κ3) is 1.65. The molecule has 0 amide bonds. The summed E-state index contributed by atoms with van der Waals surface area (Å²) in [4.78, 5) is 0. The van der Waals surface area contributed by atoms with Gasteiger partial charge in [-0.1, -0.05) is 12.1 Å². The Hall–Kier alpha value is -0.930. The molecule has 2 nitrogen and oxygen atoms in total. The van der Waals surface area contributed by atoms with Crippen molar-refractivity contribution in [2.24, 2.45) is 0 Å². The summed E-state index contributed by atoms with van der Waals surface area (Å²) in [5.41, 5.74) is 0.743. The highest BCUT2D eigenvalue weighted by molar-refractivity contribution is 5.32. The quantitative estimate of drug-likeness (QED) is 0.778.